The molecule has 0 spiro atoms. The Morgan fingerprint density at radius 3 is 2.94 bits per heavy atom. The molecule has 0 atom stereocenters. The van der Waals surface area contributed by atoms with Gasteiger partial charge in [0.2, 0.25) is 10.0 Å². The zero-order chi connectivity index (χ0) is 11.8. The minimum absolute atomic E-state index is 0.236. The van der Waals surface area contributed by atoms with E-state index in [9.17, 15) is 8.42 Å². The topological polar surface area (TPSA) is 55.2 Å². The maximum Gasteiger partial charge on any atom is 0.214 e. The van der Waals surface area contributed by atoms with E-state index < -0.39 is 10.0 Å². The van der Waals surface area contributed by atoms with Crippen LogP contribution in [0.2, 0.25) is 0 Å². The van der Waals surface area contributed by atoms with Crippen molar-refractivity contribution in [2.24, 2.45) is 7.05 Å². The molecule has 2 rings (SSSR count). The largest absolute Gasteiger partial charge is 0.336 e. The molecule has 5 nitrogen and oxygen atoms in total. The number of rotatable bonds is 3. The van der Waals surface area contributed by atoms with Crippen LogP contribution in [-0.2, 0) is 30.0 Å². The Kier molecular flexibility index (Phi) is 3.03. The summed E-state index contributed by atoms with van der Waals surface area (Å²) in [6, 6.07) is 0. The lowest BCUT2D eigenvalue weighted by molar-refractivity contribution is 0.380. The van der Waals surface area contributed by atoms with Crippen LogP contribution in [0, 0.1) is 0 Å². The van der Waals surface area contributed by atoms with Crippen molar-refractivity contribution in [3.8, 4) is 0 Å². The third-order valence-corrected chi connectivity index (χ3v) is 4.95. The molecule has 0 saturated carbocycles. The van der Waals surface area contributed by atoms with Crippen molar-refractivity contribution in [1.82, 2.24) is 13.9 Å². The van der Waals surface area contributed by atoms with Crippen LogP contribution in [0.1, 0.15) is 24.7 Å². The van der Waals surface area contributed by atoms with E-state index >= 15 is 0 Å². The highest BCUT2D eigenvalue weighted by Crippen LogP contribution is 2.19. The van der Waals surface area contributed by atoms with Crippen molar-refractivity contribution in [2.75, 3.05) is 12.3 Å². The van der Waals surface area contributed by atoms with Gasteiger partial charge in [-0.3, -0.25) is 0 Å². The summed E-state index contributed by atoms with van der Waals surface area (Å²) in [5.74, 6) is 0.236. The molecule has 0 aliphatic carbocycles. The second-order valence-corrected chi connectivity index (χ2v) is 6.24. The molecule has 6 heteroatoms. The Bertz CT molecular complexity index is 478. The van der Waals surface area contributed by atoms with Crippen LogP contribution in [0.3, 0.4) is 0 Å². The third-order valence-electron chi connectivity index (χ3n) is 2.93. The van der Waals surface area contributed by atoms with Crippen molar-refractivity contribution in [1.29, 1.82) is 0 Å². The molecule has 16 heavy (non-hydrogen) atoms. The second-order valence-electron chi connectivity index (χ2n) is 4.15. The SMILES string of the molecule is CCCS(=O)(=O)N1CCc2ncn(C)c2C1. The Hall–Kier alpha value is -0.880. The van der Waals surface area contributed by atoms with Gasteiger partial charge in [-0.15, -0.1) is 0 Å². The average Bonchev–Trinajstić information content (AvgIpc) is 2.60. The number of hydrogen-bond acceptors (Lipinski definition) is 3. The molecule has 0 saturated heterocycles. The van der Waals surface area contributed by atoms with E-state index in [2.05, 4.69) is 4.98 Å². The van der Waals surface area contributed by atoms with Crippen LogP contribution in [-0.4, -0.2) is 34.6 Å². The lowest BCUT2D eigenvalue weighted by Crippen LogP contribution is -2.37. The molecule has 0 aromatic carbocycles. The van der Waals surface area contributed by atoms with Crippen LogP contribution < -0.4 is 0 Å². The molecule has 0 radical (unpaired) electrons. The molecule has 0 unspecified atom stereocenters. The van der Waals surface area contributed by atoms with Gasteiger partial charge >= 0.3 is 0 Å². The molecule has 1 aliphatic rings. The molecule has 1 aliphatic heterocycles. The highest BCUT2D eigenvalue weighted by atomic mass is 32.2. The number of fused-ring (bicyclic) bond motifs is 1. The fourth-order valence-corrected chi connectivity index (χ4v) is 3.48. The average molecular weight is 243 g/mol. The number of aromatic nitrogens is 2. The first-order valence-corrected chi connectivity index (χ1v) is 7.12. The zero-order valence-corrected chi connectivity index (χ0v) is 10.5. The maximum absolute atomic E-state index is 11.9. The monoisotopic (exact) mass is 243 g/mol. The molecule has 1 aromatic rings. The normalized spacial score (nSPS) is 17.4. The zero-order valence-electron chi connectivity index (χ0n) is 9.68. The first-order chi connectivity index (χ1) is 7.54. The van der Waals surface area contributed by atoms with Gasteiger partial charge in [-0.2, -0.15) is 4.31 Å². The predicted molar refractivity (Wildman–Crippen MR) is 61.4 cm³/mol. The van der Waals surface area contributed by atoms with Gasteiger partial charge in [0.05, 0.1) is 30.0 Å². The van der Waals surface area contributed by atoms with E-state index in [-0.39, 0.29) is 5.75 Å². The second kappa shape index (κ2) is 4.18. The number of imidazole rings is 1. The molecule has 0 bridgehead atoms. The van der Waals surface area contributed by atoms with E-state index in [4.69, 9.17) is 0 Å². The van der Waals surface area contributed by atoms with Gasteiger partial charge in [0.25, 0.3) is 0 Å². The maximum atomic E-state index is 11.9. The standard InChI is InChI=1S/C10H17N3O2S/c1-3-6-16(14,15)13-5-4-9-10(7-13)12(2)8-11-9/h8H,3-7H2,1-2H3. The summed E-state index contributed by atoms with van der Waals surface area (Å²) < 4.78 is 27.3. The summed E-state index contributed by atoms with van der Waals surface area (Å²) in [4.78, 5) is 4.26. The van der Waals surface area contributed by atoms with Crippen LogP contribution in [0.4, 0.5) is 0 Å². The van der Waals surface area contributed by atoms with Crippen molar-refractivity contribution in [3.05, 3.63) is 17.7 Å². The highest BCUT2D eigenvalue weighted by molar-refractivity contribution is 7.89. The van der Waals surface area contributed by atoms with Gasteiger partial charge < -0.3 is 4.57 Å². The number of nitrogens with zero attached hydrogens (tertiary/aromatic N) is 3. The number of sulfonamides is 1. The summed E-state index contributed by atoms with van der Waals surface area (Å²) in [5, 5.41) is 0. The Labute approximate surface area is 96.1 Å². The van der Waals surface area contributed by atoms with E-state index in [1.165, 1.54) is 0 Å². The van der Waals surface area contributed by atoms with Crippen LogP contribution in [0.15, 0.2) is 6.33 Å². The molecule has 0 amide bonds. The lowest BCUT2D eigenvalue weighted by atomic mass is 10.2. The van der Waals surface area contributed by atoms with Gasteiger partial charge in [-0.1, -0.05) is 6.92 Å². The van der Waals surface area contributed by atoms with Crippen molar-refractivity contribution >= 4 is 10.0 Å². The predicted octanol–water partition coefficient (Wildman–Crippen LogP) is 0.518. The Morgan fingerprint density at radius 2 is 2.25 bits per heavy atom. The van der Waals surface area contributed by atoms with Gasteiger partial charge in [0.15, 0.2) is 0 Å². The van der Waals surface area contributed by atoms with Crippen molar-refractivity contribution in [3.63, 3.8) is 0 Å². The van der Waals surface area contributed by atoms with Crippen molar-refractivity contribution in [2.45, 2.75) is 26.3 Å². The fraction of sp³-hybridized carbons (Fsp3) is 0.700. The van der Waals surface area contributed by atoms with Gasteiger partial charge in [-0.25, -0.2) is 13.4 Å². The Balaban J connectivity index is 2.22. The molecular weight excluding hydrogens is 226 g/mol. The fourth-order valence-electron chi connectivity index (χ4n) is 2.02. The molecule has 0 fully saturated rings. The van der Waals surface area contributed by atoms with Crippen LogP contribution in [0.5, 0.6) is 0 Å². The molecule has 1 aromatic heterocycles. The number of aryl methyl sites for hydroxylation is 1. The summed E-state index contributed by atoms with van der Waals surface area (Å²) in [7, 11) is -1.17. The third kappa shape index (κ3) is 1.99. The first kappa shape index (κ1) is 11.6. The number of hydrogen-bond donors (Lipinski definition) is 0. The summed E-state index contributed by atoms with van der Waals surface area (Å²) in [6.45, 7) is 2.91. The molecule has 2 heterocycles. The summed E-state index contributed by atoms with van der Waals surface area (Å²) in [6.07, 6.45) is 3.14. The minimum Gasteiger partial charge on any atom is -0.336 e. The smallest absolute Gasteiger partial charge is 0.214 e. The van der Waals surface area contributed by atoms with Gasteiger partial charge in [-0.05, 0) is 6.42 Å². The van der Waals surface area contributed by atoms with E-state index in [0.29, 0.717) is 19.5 Å². The van der Waals surface area contributed by atoms with Gasteiger partial charge in [0.1, 0.15) is 0 Å². The van der Waals surface area contributed by atoms with E-state index in [1.54, 1.807) is 10.6 Å². The first-order valence-electron chi connectivity index (χ1n) is 5.51. The quantitative estimate of drug-likeness (QED) is 0.777. The lowest BCUT2D eigenvalue weighted by Gasteiger charge is -2.26. The summed E-state index contributed by atoms with van der Waals surface area (Å²) >= 11 is 0. The van der Waals surface area contributed by atoms with E-state index in [0.717, 1.165) is 17.8 Å². The van der Waals surface area contributed by atoms with Crippen LogP contribution in [0.25, 0.3) is 0 Å². The highest BCUT2D eigenvalue weighted by Gasteiger charge is 2.27. The van der Waals surface area contributed by atoms with E-state index in [1.807, 2.05) is 18.5 Å². The minimum atomic E-state index is -3.08. The summed E-state index contributed by atoms with van der Waals surface area (Å²) in [5.41, 5.74) is 2.05. The van der Waals surface area contributed by atoms with Crippen LogP contribution >= 0.6 is 0 Å². The molecule has 90 valence electrons. The van der Waals surface area contributed by atoms with Gasteiger partial charge in [0, 0.05) is 20.0 Å². The Morgan fingerprint density at radius 1 is 1.50 bits per heavy atom. The molecule has 0 N–H and O–H groups in total. The molecular formula is C10H17N3O2S. The van der Waals surface area contributed by atoms with Crippen molar-refractivity contribution < 1.29 is 8.42 Å².